The largest absolute Gasteiger partial charge is 0.369 e. The zero-order chi connectivity index (χ0) is 14.5. The van der Waals surface area contributed by atoms with Gasteiger partial charge in [-0.05, 0) is 50.4 Å². The summed E-state index contributed by atoms with van der Waals surface area (Å²) < 4.78 is 0. The maximum atomic E-state index is 3.55. The quantitative estimate of drug-likeness (QED) is 0.919. The van der Waals surface area contributed by atoms with Crippen molar-refractivity contribution in [1.29, 1.82) is 0 Å². The lowest BCUT2D eigenvalue weighted by Crippen LogP contribution is -2.55. The first-order valence-electron chi connectivity index (χ1n) is 8.61. The Balaban J connectivity index is 0.00000176. The second-order valence-corrected chi connectivity index (χ2v) is 6.55. The van der Waals surface area contributed by atoms with Crippen LogP contribution in [0, 0.1) is 5.92 Å². The van der Waals surface area contributed by atoms with Crippen LogP contribution in [-0.4, -0.2) is 50.2 Å². The lowest BCUT2D eigenvalue weighted by molar-refractivity contribution is 0.136. The van der Waals surface area contributed by atoms with Crippen LogP contribution in [0.4, 0.5) is 5.69 Å². The minimum atomic E-state index is 0. The van der Waals surface area contributed by atoms with Crippen LogP contribution in [0.25, 0.3) is 0 Å². The van der Waals surface area contributed by atoms with Gasteiger partial charge in [-0.25, -0.2) is 0 Å². The molecule has 2 fully saturated rings. The number of benzene rings is 1. The minimum Gasteiger partial charge on any atom is -0.369 e. The molecule has 0 spiro atoms. The number of piperazine rings is 1. The molecule has 0 amide bonds. The third kappa shape index (κ3) is 4.37. The fourth-order valence-electron chi connectivity index (χ4n) is 3.81. The number of hydrogen-bond donors (Lipinski definition) is 1. The third-order valence-electron chi connectivity index (χ3n) is 5.09. The Kier molecular flexibility index (Phi) is 7.00. The van der Waals surface area contributed by atoms with Crippen molar-refractivity contribution in [2.24, 2.45) is 5.92 Å². The molecule has 0 radical (unpaired) electrons. The fraction of sp³-hybridized carbons (Fsp3) is 0.667. The van der Waals surface area contributed by atoms with Crippen molar-refractivity contribution in [1.82, 2.24) is 10.2 Å². The van der Waals surface area contributed by atoms with E-state index in [9.17, 15) is 0 Å². The van der Waals surface area contributed by atoms with Crippen molar-refractivity contribution in [3.8, 4) is 0 Å². The number of piperidine rings is 1. The maximum Gasteiger partial charge on any atom is 0.0367 e. The average molecular weight is 324 g/mol. The number of nitrogens with zero attached hydrogens (tertiary/aromatic N) is 2. The molecule has 2 atom stereocenters. The fourth-order valence-corrected chi connectivity index (χ4v) is 3.81. The van der Waals surface area contributed by atoms with E-state index in [2.05, 4.69) is 52.4 Å². The van der Waals surface area contributed by atoms with Gasteiger partial charge in [0.15, 0.2) is 0 Å². The van der Waals surface area contributed by atoms with Crippen LogP contribution in [0.2, 0.25) is 0 Å². The topological polar surface area (TPSA) is 18.5 Å². The van der Waals surface area contributed by atoms with Gasteiger partial charge in [0.05, 0.1) is 0 Å². The molecular weight excluding hydrogens is 294 g/mol. The molecule has 3 rings (SSSR count). The highest BCUT2D eigenvalue weighted by Gasteiger charge is 2.28. The number of nitrogens with one attached hydrogen (secondary N) is 1. The SMILES string of the molecule is CCC1CN(c2ccccc2)CCN1CC1CCCNC1.Cl. The van der Waals surface area contributed by atoms with Crippen LogP contribution in [-0.2, 0) is 0 Å². The van der Waals surface area contributed by atoms with Crippen LogP contribution < -0.4 is 10.2 Å². The molecule has 0 aromatic heterocycles. The van der Waals surface area contributed by atoms with Gasteiger partial charge in [0.25, 0.3) is 0 Å². The van der Waals surface area contributed by atoms with Gasteiger partial charge in [0.1, 0.15) is 0 Å². The first-order valence-corrected chi connectivity index (χ1v) is 8.61. The molecule has 2 aliphatic heterocycles. The Labute approximate surface area is 141 Å². The van der Waals surface area contributed by atoms with Gasteiger partial charge in [-0.2, -0.15) is 0 Å². The smallest absolute Gasteiger partial charge is 0.0367 e. The molecule has 3 nitrogen and oxygen atoms in total. The molecule has 2 heterocycles. The molecule has 2 unspecified atom stereocenters. The van der Waals surface area contributed by atoms with Crippen molar-refractivity contribution in [3.05, 3.63) is 30.3 Å². The first kappa shape index (κ1) is 17.6. The normalized spacial score (nSPS) is 26.5. The Morgan fingerprint density at radius 2 is 2.00 bits per heavy atom. The Morgan fingerprint density at radius 3 is 2.68 bits per heavy atom. The molecule has 124 valence electrons. The van der Waals surface area contributed by atoms with Crippen molar-refractivity contribution < 1.29 is 0 Å². The second-order valence-electron chi connectivity index (χ2n) is 6.55. The van der Waals surface area contributed by atoms with E-state index in [1.807, 2.05) is 0 Å². The molecule has 22 heavy (non-hydrogen) atoms. The number of para-hydroxylation sites is 1. The van der Waals surface area contributed by atoms with Crippen LogP contribution in [0.15, 0.2) is 30.3 Å². The zero-order valence-electron chi connectivity index (χ0n) is 13.7. The molecule has 0 aliphatic carbocycles. The highest BCUT2D eigenvalue weighted by atomic mass is 35.5. The molecule has 1 aromatic carbocycles. The summed E-state index contributed by atoms with van der Waals surface area (Å²) in [7, 11) is 0. The lowest BCUT2D eigenvalue weighted by atomic mass is 9.97. The summed E-state index contributed by atoms with van der Waals surface area (Å²) in [6.45, 7) is 9.62. The summed E-state index contributed by atoms with van der Waals surface area (Å²) in [4.78, 5) is 5.31. The van der Waals surface area contributed by atoms with E-state index in [0.717, 1.165) is 5.92 Å². The van der Waals surface area contributed by atoms with Crippen molar-refractivity contribution in [2.75, 3.05) is 44.2 Å². The second kappa shape index (κ2) is 8.76. The zero-order valence-corrected chi connectivity index (χ0v) is 14.5. The van der Waals surface area contributed by atoms with Crippen LogP contribution >= 0.6 is 12.4 Å². The molecule has 0 bridgehead atoms. The van der Waals surface area contributed by atoms with Crippen LogP contribution in [0.1, 0.15) is 26.2 Å². The Bertz CT molecular complexity index is 420. The maximum absolute atomic E-state index is 3.55. The number of hydrogen-bond acceptors (Lipinski definition) is 3. The first-order chi connectivity index (χ1) is 10.4. The number of halogens is 1. The monoisotopic (exact) mass is 323 g/mol. The van der Waals surface area contributed by atoms with Crippen molar-refractivity contribution in [3.63, 3.8) is 0 Å². The van der Waals surface area contributed by atoms with E-state index in [4.69, 9.17) is 0 Å². The molecule has 1 N–H and O–H groups in total. The molecular formula is C18H30ClN3. The molecule has 2 saturated heterocycles. The van der Waals surface area contributed by atoms with E-state index in [1.165, 1.54) is 64.2 Å². The van der Waals surface area contributed by atoms with Crippen molar-refractivity contribution in [2.45, 2.75) is 32.2 Å². The van der Waals surface area contributed by atoms with E-state index in [0.29, 0.717) is 6.04 Å². The minimum absolute atomic E-state index is 0. The van der Waals surface area contributed by atoms with E-state index in [-0.39, 0.29) is 12.4 Å². The predicted molar refractivity (Wildman–Crippen MR) is 97.1 cm³/mol. The van der Waals surface area contributed by atoms with Gasteiger partial charge in [-0.3, -0.25) is 4.90 Å². The van der Waals surface area contributed by atoms with Crippen LogP contribution in [0.3, 0.4) is 0 Å². The summed E-state index contributed by atoms with van der Waals surface area (Å²) in [6, 6.07) is 11.6. The number of anilines is 1. The summed E-state index contributed by atoms with van der Waals surface area (Å²) >= 11 is 0. The summed E-state index contributed by atoms with van der Waals surface area (Å²) in [5.41, 5.74) is 1.38. The standard InChI is InChI=1S/C18H29N3.ClH/c1-2-17-15-21(18-8-4-3-5-9-18)12-11-20(17)14-16-7-6-10-19-13-16;/h3-5,8-9,16-17,19H,2,6-7,10-15H2,1H3;1H. The highest BCUT2D eigenvalue weighted by Crippen LogP contribution is 2.22. The van der Waals surface area contributed by atoms with Gasteiger partial charge < -0.3 is 10.2 Å². The third-order valence-corrected chi connectivity index (χ3v) is 5.09. The Hall–Kier alpha value is -0.770. The van der Waals surface area contributed by atoms with Gasteiger partial charge in [0, 0.05) is 37.9 Å². The predicted octanol–water partition coefficient (Wildman–Crippen LogP) is 3.01. The van der Waals surface area contributed by atoms with Crippen LogP contribution in [0.5, 0.6) is 0 Å². The molecule has 4 heteroatoms. The van der Waals surface area contributed by atoms with E-state index in [1.54, 1.807) is 0 Å². The van der Waals surface area contributed by atoms with E-state index >= 15 is 0 Å². The van der Waals surface area contributed by atoms with Gasteiger partial charge in [-0.15, -0.1) is 12.4 Å². The summed E-state index contributed by atoms with van der Waals surface area (Å²) in [6.07, 6.45) is 4.01. The lowest BCUT2D eigenvalue weighted by Gasteiger charge is -2.44. The highest BCUT2D eigenvalue weighted by molar-refractivity contribution is 5.85. The molecule has 1 aromatic rings. The average Bonchev–Trinajstić information content (AvgIpc) is 2.57. The van der Waals surface area contributed by atoms with Crippen molar-refractivity contribution >= 4 is 18.1 Å². The molecule has 2 aliphatic rings. The van der Waals surface area contributed by atoms with Gasteiger partial charge in [-0.1, -0.05) is 25.1 Å². The van der Waals surface area contributed by atoms with Gasteiger partial charge >= 0.3 is 0 Å². The van der Waals surface area contributed by atoms with E-state index < -0.39 is 0 Å². The summed E-state index contributed by atoms with van der Waals surface area (Å²) in [5, 5.41) is 3.55. The molecule has 0 saturated carbocycles. The Morgan fingerprint density at radius 1 is 1.18 bits per heavy atom. The summed E-state index contributed by atoms with van der Waals surface area (Å²) in [5.74, 6) is 0.857. The van der Waals surface area contributed by atoms with Gasteiger partial charge in [0.2, 0.25) is 0 Å². The number of rotatable bonds is 4.